The quantitative estimate of drug-likeness (QED) is 0.523. The summed E-state index contributed by atoms with van der Waals surface area (Å²) in [4.78, 5) is 39.8. The molecule has 0 unspecified atom stereocenters. The van der Waals surface area contributed by atoms with Gasteiger partial charge in [0, 0.05) is 24.8 Å². The van der Waals surface area contributed by atoms with Gasteiger partial charge in [-0.3, -0.25) is 9.59 Å². The molecule has 0 fully saturated rings. The van der Waals surface area contributed by atoms with Crippen molar-refractivity contribution in [1.82, 2.24) is 9.47 Å². The maximum atomic E-state index is 14.2. The molecule has 0 saturated heterocycles. The highest BCUT2D eigenvalue weighted by Crippen LogP contribution is 2.25. The molecule has 1 aromatic carbocycles. The first-order valence-electron chi connectivity index (χ1n) is 9.51. The van der Waals surface area contributed by atoms with Crippen LogP contribution in [0.3, 0.4) is 0 Å². The number of Topliss-reactive ketones (excluding diaryl/α,β-unsaturated/α-hetero) is 1. The monoisotopic (exact) mass is 402 g/mol. The average molecular weight is 402 g/mol. The highest BCUT2D eigenvalue weighted by atomic mass is 19.1. The van der Waals surface area contributed by atoms with Gasteiger partial charge >= 0.3 is 5.97 Å². The van der Waals surface area contributed by atoms with Crippen molar-refractivity contribution in [3.8, 4) is 0 Å². The molecule has 0 radical (unpaired) electrons. The maximum Gasteiger partial charge on any atom is 0.354 e. The van der Waals surface area contributed by atoms with Gasteiger partial charge < -0.3 is 14.2 Å². The first-order valence-corrected chi connectivity index (χ1v) is 9.51. The fourth-order valence-electron chi connectivity index (χ4n) is 3.58. The van der Waals surface area contributed by atoms with Gasteiger partial charge in [0.25, 0.3) is 5.91 Å². The number of aromatic nitrogens is 1. The highest BCUT2D eigenvalue weighted by molar-refractivity contribution is 6.07. The number of methoxy groups -OCH3 is 1. The van der Waals surface area contributed by atoms with Crippen LogP contribution in [0.25, 0.3) is 0 Å². The Hall–Kier alpha value is -2.96. The number of ether oxygens (including phenoxy) is 1. The number of carbonyl (C=O) groups excluding carboxylic acids is 3. The zero-order valence-corrected chi connectivity index (χ0v) is 17.7. The van der Waals surface area contributed by atoms with E-state index >= 15 is 0 Å². The lowest BCUT2D eigenvalue weighted by atomic mass is 9.99. The minimum Gasteiger partial charge on any atom is -0.464 e. The van der Waals surface area contributed by atoms with E-state index in [2.05, 4.69) is 0 Å². The van der Waals surface area contributed by atoms with Gasteiger partial charge in [0.2, 0.25) is 0 Å². The summed E-state index contributed by atoms with van der Waals surface area (Å²) in [5.74, 6) is -2.00. The molecule has 0 bridgehead atoms. The second-order valence-corrected chi connectivity index (χ2v) is 7.00. The normalized spacial score (nSPS) is 11.8. The Kier molecular flexibility index (Phi) is 6.95. The summed E-state index contributed by atoms with van der Waals surface area (Å²) < 4.78 is 20.6. The molecule has 0 aliphatic carbocycles. The Balaban J connectivity index is 2.47. The van der Waals surface area contributed by atoms with Crippen LogP contribution in [-0.2, 0) is 11.8 Å². The zero-order valence-electron chi connectivity index (χ0n) is 17.7. The number of rotatable bonds is 7. The summed E-state index contributed by atoms with van der Waals surface area (Å²) in [5.41, 5.74) is 1.71. The number of amides is 1. The Morgan fingerprint density at radius 3 is 2.38 bits per heavy atom. The third-order valence-corrected chi connectivity index (χ3v) is 5.23. The second kappa shape index (κ2) is 9.03. The molecule has 2 aromatic rings. The molecule has 29 heavy (non-hydrogen) atoms. The predicted octanol–water partition coefficient (Wildman–Crippen LogP) is 3.69. The molecule has 0 saturated carbocycles. The lowest BCUT2D eigenvalue weighted by molar-refractivity contribution is 0.0587. The molecular weight excluding hydrogens is 375 g/mol. The van der Waals surface area contributed by atoms with Crippen molar-refractivity contribution in [2.45, 2.75) is 40.2 Å². The van der Waals surface area contributed by atoms with Gasteiger partial charge in [-0.05, 0) is 44.9 Å². The molecule has 0 aliphatic rings. The molecule has 1 atom stereocenters. The number of benzene rings is 1. The van der Waals surface area contributed by atoms with E-state index in [1.807, 2.05) is 6.92 Å². The molecule has 0 aliphatic heterocycles. The van der Waals surface area contributed by atoms with E-state index in [0.717, 1.165) is 0 Å². The molecule has 1 heterocycles. The molecule has 0 spiro atoms. The largest absolute Gasteiger partial charge is 0.464 e. The van der Waals surface area contributed by atoms with Gasteiger partial charge in [-0.1, -0.05) is 19.1 Å². The van der Waals surface area contributed by atoms with Gasteiger partial charge in [-0.25, -0.2) is 9.18 Å². The summed E-state index contributed by atoms with van der Waals surface area (Å²) in [6, 6.07) is 4.90. The van der Waals surface area contributed by atoms with E-state index in [4.69, 9.17) is 4.74 Å². The van der Waals surface area contributed by atoms with Gasteiger partial charge in [-0.15, -0.1) is 0 Å². The van der Waals surface area contributed by atoms with E-state index in [9.17, 15) is 18.8 Å². The van der Waals surface area contributed by atoms with Crippen LogP contribution in [0.15, 0.2) is 24.3 Å². The van der Waals surface area contributed by atoms with E-state index in [1.54, 1.807) is 38.5 Å². The van der Waals surface area contributed by atoms with Crippen molar-refractivity contribution in [3.05, 3.63) is 58.2 Å². The van der Waals surface area contributed by atoms with Gasteiger partial charge in [0.05, 0.1) is 18.7 Å². The number of carbonyl (C=O) groups is 3. The molecule has 7 heteroatoms. The fraction of sp³-hybridized carbons (Fsp3) is 0.409. The fourth-order valence-corrected chi connectivity index (χ4v) is 3.58. The van der Waals surface area contributed by atoms with Crippen LogP contribution in [0.1, 0.15) is 62.7 Å². The number of esters is 1. The molecule has 156 valence electrons. The standard InChI is InChI=1S/C22H27FN2O4/c1-7-12-25(21(27)16-10-8-9-11-17(16)23)15(4)20(26)18-13(2)19(22(28)29-6)24(5)14(18)3/h8-11,15H,7,12H2,1-6H3/t15-/m1/s1. The summed E-state index contributed by atoms with van der Waals surface area (Å²) in [7, 11) is 2.97. The molecule has 0 N–H and O–H groups in total. The van der Waals surface area contributed by atoms with Crippen molar-refractivity contribution in [3.63, 3.8) is 0 Å². The number of hydrogen-bond acceptors (Lipinski definition) is 4. The Morgan fingerprint density at radius 2 is 1.83 bits per heavy atom. The van der Waals surface area contributed by atoms with E-state index in [0.29, 0.717) is 35.5 Å². The Labute approximate surface area is 170 Å². The van der Waals surface area contributed by atoms with Crippen LogP contribution in [0.4, 0.5) is 4.39 Å². The lowest BCUT2D eigenvalue weighted by Gasteiger charge is -2.28. The Morgan fingerprint density at radius 1 is 1.21 bits per heavy atom. The summed E-state index contributed by atoms with van der Waals surface area (Å²) >= 11 is 0. The third-order valence-electron chi connectivity index (χ3n) is 5.23. The van der Waals surface area contributed by atoms with Crippen molar-refractivity contribution in [1.29, 1.82) is 0 Å². The van der Waals surface area contributed by atoms with Crippen molar-refractivity contribution < 1.29 is 23.5 Å². The molecular formula is C22H27FN2O4. The van der Waals surface area contributed by atoms with Crippen LogP contribution >= 0.6 is 0 Å². The molecule has 2 rings (SSSR count). The highest BCUT2D eigenvalue weighted by Gasteiger charge is 2.33. The smallest absolute Gasteiger partial charge is 0.354 e. The number of ketones is 1. The van der Waals surface area contributed by atoms with Crippen LogP contribution in [0.5, 0.6) is 0 Å². The van der Waals surface area contributed by atoms with E-state index in [-0.39, 0.29) is 11.3 Å². The number of halogens is 1. The molecule has 6 nitrogen and oxygen atoms in total. The van der Waals surface area contributed by atoms with Crippen LogP contribution in [-0.4, -0.2) is 46.8 Å². The van der Waals surface area contributed by atoms with Gasteiger partial charge in [0.1, 0.15) is 11.5 Å². The summed E-state index contributed by atoms with van der Waals surface area (Å²) in [6.07, 6.45) is 0.609. The number of hydrogen-bond donors (Lipinski definition) is 0. The number of nitrogens with zero attached hydrogens (tertiary/aromatic N) is 2. The van der Waals surface area contributed by atoms with E-state index < -0.39 is 23.7 Å². The zero-order chi connectivity index (χ0) is 21.9. The van der Waals surface area contributed by atoms with Crippen molar-refractivity contribution >= 4 is 17.7 Å². The average Bonchev–Trinajstić information content (AvgIpc) is 2.93. The summed E-state index contributed by atoms with van der Waals surface area (Å²) in [5, 5.41) is 0. The van der Waals surface area contributed by atoms with Crippen LogP contribution in [0.2, 0.25) is 0 Å². The van der Waals surface area contributed by atoms with Gasteiger partial charge in [0.15, 0.2) is 5.78 Å². The minimum atomic E-state index is -0.827. The first-order chi connectivity index (χ1) is 13.7. The van der Waals surface area contributed by atoms with Crippen molar-refractivity contribution in [2.75, 3.05) is 13.7 Å². The predicted molar refractivity (Wildman–Crippen MR) is 108 cm³/mol. The first kappa shape index (κ1) is 22.3. The minimum absolute atomic E-state index is 0.0719. The molecule has 1 amide bonds. The van der Waals surface area contributed by atoms with Crippen LogP contribution in [0, 0.1) is 19.7 Å². The van der Waals surface area contributed by atoms with Crippen LogP contribution < -0.4 is 0 Å². The second-order valence-electron chi connectivity index (χ2n) is 7.00. The topological polar surface area (TPSA) is 68.6 Å². The SMILES string of the molecule is CCCN(C(=O)c1ccccc1F)[C@H](C)C(=O)c1c(C)c(C(=O)OC)n(C)c1C. The lowest BCUT2D eigenvalue weighted by Crippen LogP contribution is -2.44. The maximum absolute atomic E-state index is 14.2. The van der Waals surface area contributed by atoms with Gasteiger partial charge in [-0.2, -0.15) is 0 Å². The van der Waals surface area contributed by atoms with Crippen molar-refractivity contribution in [2.24, 2.45) is 7.05 Å². The third kappa shape index (κ3) is 4.09. The Bertz CT molecular complexity index is 949. The summed E-state index contributed by atoms with van der Waals surface area (Å²) in [6.45, 7) is 7.23. The van der Waals surface area contributed by atoms with E-state index in [1.165, 1.54) is 30.2 Å². The molecule has 1 aromatic heterocycles.